The number of aromatic carboxylic acids is 3. The maximum atomic E-state index is 12.6. The molecule has 8 heteroatoms. The zero-order valence-electron chi connectivity index (χ0n) is 20.5. The first-order chi connectivity index (χ1) is 19.1. The molecule has 40 heavy (non-hydrogen) atoms. The Hall–Kier alpha value is -5.24. The molecule has 8 nitrogen and oxygen atoms in total. The van der Waals surface area contributed by atoms with E-state index < -0.39 is 47.5 Å². The van der Waals surface area contributed by atoms with Crippen molar-refractivity contribution in [1.82, 2.24) is 0 Å². The molecule has 4 aliphatic carbocycles. The van der Waals surface area contributed by atoms with Crippen LogP contribution in [0.5, 0.6) is 0 Å². The molecule has 4 aromatic rings. The third kappa shape index (κ3) is 3.19. The maximum absolute atomic E-state index is 12.6. The molecule has 0 heterocycles. The van der Waals surface area contributed by atoms with Crippen LogP contribution in [0.2, 0.25) is 0 Å². The van der Waals surface area contributed by atoms with Crippen molar-refractivity contribution in [2.24, 2.45) is 0 Å². The molecule has 0 unspecified atom stereocenters. The first-order valence-corrected chi connectivity index (χ1v) is 12.6. The summed E-state index contributed by atoms with van der Waals surface area (Å²) in [6, 6.07) is 17.5. The van der Waals surface area contributed by atoms with Gasteiger partial charge < -0.3 is 39.6 Å². The van der Waals surface area contributed by atoms with Crippen molar-refractivity contribution in [2.45, 2.75) is 23.7 Å². The largest absolute Gasteiger partial charge is 0.545 e. The third-order valence-corrected chi connectivity index (χ3v) is 8.58. The molecular formula is C32H16O8-4. The van der Waals surface area contributed by atoms with Crippen LogP contribution in [0.3, 0.4) is 0 Å². The minimum atomic E-state index is -1.37. The van der Waals surface area contributed by atoms with E-state index in [2.05, 4.69) is 0 Å². The zero-order chi connectivity index (χ0) is 28.0. The van der Waals surface area contributed by atoms with E-state index in [9.17, 15) is 39.6 Å². The summed E-state index contributed by atoms with van der Waals surface area (Å²) in [7, 11) is 0. The fourth-order valence-corrected chi connectivity index (χ4v) is 6.99. The number of carboxylic acids is 4. The lowest BCUT2D eigenvalue weighted by Gasteiger charge is -2.49. The van der Waals surface area contributed by atoms with Gasteiger partial charge in [-0.05, 0) is 84.6 Å². The molecule has 0 radical (unpaired) electrons. The molecule has 0 N–H and O–H groups in total. The molecule has 4 aliphatic rings. The summed E-state index contributed by atoms with van der Waals surface area (Å²) in [4.78, 5) is 47.7. The minimum Gasteiger partial charge on any atom is -0.545 e. The lowest BCUT2D eigenvalue weighted by atomic mass is 9.54. The van der Waals surface area contributed by atoms with Crippen molar-refractivity contribution in [1.29, 1.82) is 0 Å². The van der Waals surface area contributed by atoms with Crippen LogP contribution in [0.15, 0.2) is 78.4 Å². The molecule has 8 rings (SSSR count). The summed E-state index contributed by atoms with van der Waals surface area (Å²) in [6.45, 7) is 0. The number of allylic oxidation sites excluding steroid dienone is 1. The normalized spacial score (nSPS) is 21.4. The second-order valence-electron chi connectivity index (χ2n) is 10.5. The molecule has 4 atom stereocenters. The van der Waals surface area contributed by atoms with Gasteiger partial charge in [-0.25, -0.2) is 0 Å². The van der Waals surface area contributed by atoms with E-state index in [0.717, 1.165) is 11.1 Å². The van der Waals surface area contributed by atoms with Gasteiger partial charge in [0.15, 0.2) is 0 Å². The van der Waals surface area contributed by atoms with Crippen LogP contribution >= 0.6 is 0 Å². The smallest absolute Gasteiger partial charge is 0.0715 e. The second kappa shape index (κ2) is 8.13. The Bertz CT molecular complexity index is 1900. The van der Waals surface area contributed by atoms with Crippen LogP contribution in [0.1, 0.15) is 88.1 Å². The highest BCUT2D eigenvalue weighted by Gasteiger charge is 2.48. The van der Waals surface area contributed by atoms with Crippen molar-refractivity contribution in [3.8, 4) is 0 Å². The molecule has 0 aliphatic heterocycles. The van der Waals surface area contributed by atoms with Gasteiger partial charge in [-0.15, -0.1) is 0 Å². The van der Waals surface area contributed by atoms with Crippen molar-refractivity contribution in [2.75, 3.05) is 0 Å². The monoisotopic (exact) mass is 528 g/mol. The van der Waals surface area contributed by atoms with E-state index >= 15 is 0 Å². The van der Waals surface area contributed by atoms with Gasteiger partial charge in [-0.1, -0.05) is 54.6 Å². The number of fused-ring (bicyclic) bond motifs is 1. The number of carbonyl (C=O) groups is 4. The summed E-state index contributed by atoms with van der Waals surface area (Å²) < 4.78 is 0. The lowest BCUT2D eigenvalue weighted by molar-refractivity contribution is -0.299. The molecule has 0 aromatic heterocycles. The van der Waals surface area contributed by atoms with Gasteiger partial charge in [-0.3, -0.25) is 0 Å². The fourth-order valence-electron chi connectivity index (χ4n) is 6.99. The predicted octanol–water partition coefficient (Wildman–Crippen LogP) is 0.0784. The van der Waals surface area contributed by atoms with Gasteiger partial charge >= 0.3 is 0 Å². The summed E-state index contributed by atoms with van der Waals surface area (Å²) >= 11 is 0. The van der Waals surface area contributed by atoms with Crippen LogP contribution in [-0.2, 0) is 4.79 Å². The SMILES string of the molecule is O=C([O-])C1=C[C@@H]2c3cc4cc(C(=O)[O-])ccc4cc3[C@H]1[C@@H]1c3ccc(C(=O)[O-])cc3[C@H]2c2ccc(C(=O)[O-])cc21. The highest BCUT2D eigenvalue weighted by atomic mass is 16.4. The van der Waals surface area contributed by atoms with Gasteiger partial charge in [0, 0.05) is 23.7 Å². The number of carbonyl (C=O) groups excluding carboxylic acids is 4. The Kier molecular flexibility index (Phi) is 4.85. The number of hydrogen-bond donors (Lipinski definition) is 0. The molecule has 0 fully saturated rings. The average molecular weight is 528 g/mol. The van der Waals surface area contributed by atoms with E-state index in [1.807, 2.05) is 12.1 Å². The van der Waals surface area contributed by atoms with Crippen molar-refractivity contribution >= 4 is 34.6 Å². The van der Waals surface area contributed by atoms with Gasteiger partial charge in [0.25, 0.3) is 0 Å². The highest BCUT2D eigenvalue weighted by molar-refractivity contribution is 5.96. The first-order valence-electron chi connectivity index (χ1n) is 12.6. The van der Waals surface area contributed by atoms with Crippen LogP contribution in [0.4, 0.5) is 0 Å². The summed E-state index contributed by atoms with van der Waals surface area (Å²) in [5.41, 5.74) is 4.18. The third-order valence-electron chi connectivity index (χ3n) is 8.58. The standard InChI is InChI=1S/C32H20O8/c33-29(34)14-2-1-13-8-23-20(11-17(13)7-14)24-12-25(32(39)40)28(23)27-19-6-4-15(30(35)36)9-21(19)26(24)18-5-3-16(31(37)38)10-22(18)27/h1-12,24,26-28H,(H,33,34)(H,35,36)(H,37,38)(H,39,40)/p-4/t24-,26-,27-,28-/m1/s1. The zero-order valence-corrected chi connectivity index (χ0v) is 20.5. The summed E-state index contributed by atoms with van der Waals surface area (Å²) in [5.74, 6) is -8.07. The molecule has 196 valence electrons. The molecule has 0 amide bonds. The Labute approximate surface area is 226 Å². The number of benzene rings is 4. The topological polar surface area (TPSA) is 161 Å². The van der Waals surface area contributed by atoms with E-state index in [1.165, 1.54) is 30.3 Å². The highest BCUT2D eigenvalue weighted by Crippen LogP contribution is 2.62. The van der Waals surface area contributed by atoms with Gasteiger partial charge in [0.1, 0.15) is 0 Å². The molecule has 0 spiro atoms. The molecule has 4 aromatic carbocycles. The Balaban J connectivity index is 1.59. The van der Waals surface area contributed by atoms with Gasteiger partial charge in [0.05, 0.1) is 23.9 Å². The van der Waals surface area contributed by atoms with Crippen molar-refractivity contribution in [3.05, 3.63) is 128 Å². The van der Waals surface area contributed by atoms with Crippen LogP contribution in [0.25, 0.3) is 10.8 Å². The van der Waals surface area contributed by atoms with Crippen LogP contribution in [-0.4, -0.2) is 23.9 Å². The lowest BCUT2D eigenvalue weighted by Crippen LogP contribution is -2.39. The van der Waals surface area contributed by atoms with Gasteiger partial charge in [0.2, 0.25) is 0 Å². The number of aliphatic carboxylic acids is 1. The molecular weight excluding hydrogens is 512 g/mol. The number of carboxylic acid groups (broad SMARTS) is 4. The quantitative estimate of drug-likeness (QED) is 0.360. The first kappa shape index (κ1) is 23.8. The van der Waals surface area contributed by atoms with Gasteiger partial charge in [-0.2, -0.15) is 0 Å². The van der Waals surface area contributed by atoms with E-state index in [4.69, 9.17) is 0 Å². The molecule has 4 bridgehead atoms. The average Bonchev–Trinajstić information content (AvgIpc) is 2.91. The summed E-state index contributed by atoms with van der Waals surface area (Å²) in [5, 5.41) is 49.1. The second-order valence-corrected chi connectivity index (χ2v) is 10.5. The number of hydrogen-bond acceptors (Lipinski definition) is 8. The van der Waals surface area contributed by atoms with E-state index in [-0.39, 0.29) is 22.3 Å². The fraction of sp³-hybridized carbons (Fsp3) is 0.125. The number of rotatable bonds is 4. The maximum Gasteiger partial charge on any atom is 0.0715 e. The van der Waals surface area contributed by atoms with Crippen molar-refractivity contribution < 1.29 is 39.6 Å². The molecule has 0 saturated carbocycles. The Morgan fingerprint density at radius 1 is 0.450 bits per heavy atom. The minimum absolute atomic E-state index is 0.0000390. The predicted molar refractivity (Wildman–Crippen MR) is 132 cm³/mol. The van der Waals surface area contributed by atoms with E-state index in [0.29, 0.717) is 33.0 Å². The van der Waals surface area contributed by atoms with Crippen LogP contribution < -0.4 is 20.4 Å². The molecule has 0 saturated heterocycles. The Morgan fingerprint density at radius 3 is 1.55 bits per heavy atom. The van der Waals surface area contributed by atoms with Crippen molar-refractivity contribution in [3.63, 3.8) is 0 Å². The van der Waals surface area contributed by atoms with Crippen LogP contribution in [0, 0.1) is 0 Å². The van der Waals surface area contributed by atoms with E-state index in [1.54, 1.807) is 30.3 Å². The Morgan fingerprint density at radius 2 is 0.950 bits per heavy atom. The summed E-state index contributed by atoms with van der Waals surface area (Å²) in [6.07, 6.45) is 1.64.